The Balaban J connectivity index is 3.83. The van der Waals surface area contributed by atoms with Gasteiger partial charge >= 0.3 is 8.56 Å². The van der Waals surface area contributed by atoms with Gasteiger partial charge < -0.3 is 13.0 Å². The van der Waals surface area contributed by atoms with Crippen molar-refractivity contribution in [2.45, 2.75) is 52.4 Å². The second-order valence-electron chi connectivity index (χ2n) is 6.42. The van der Waals surface area contributed by atoms with E-state index in [-0.39, 0.29) is 0 Å². The molecule has 0 aromatic rings. The number of hydrogen-bond donors (Lipinski definition) is 0. The van der Waals surface area contributed by atoms with E-state index in [4.69, 9.17) is 13.0 Å². The molecular weight excluding hydrogens is 252 g/mol. The Labute approximate surface area is 104 Å². The summed E-state index contributed by atoms with van der Waals surface area (Å²) in [6, 6.07) is 0. The van der Waals surface area contributed by atoms with E-state index in [0.29, 0.717) is 13.2 Å². The van der Waals surface area contributed by atoms with E-state index in [1.165, 1.54) is 0 Å². The maximum atomic E-state index is 6.07. The summed E-state index contributed by atoms with van der Waals surface area (Å²) in [6.45, 7) is 18.7. The molecule has 0 spiro atoms. The first-order valence-electron chi connectivity index (χ1n) is 5.89. The molecule has 0 aliphatic rings. The van der Waals surface area contributed by atoms with Crippen molar-refractivity contribution in [1.29, 1.82) is 0 Å². The van der Waals surface area contributed by atoms with Crippen molar-refractivity contribution in [3.05, 3.63) is 0 Å². The first-order valence-corrected chi connectivity index (χ1v) is 15.5. The van der Waals surface area contributed by atoms with Gasteiger partial charge in [-0.15, -0.1) is 0 Å². The van der Waals surface area contributed by atoms with E-state index in [0.717, 1.165) is 0 Å². The van der Waals surface area contributed by atoms with E-state index in [1.54, 1.807) is 0 Å². The van der Waals surface area contributed by atoms with Crippen molar-refractivity contribution in [2.75, 3.05) is 13.2 Å². The Hall–Kier alpha value is 0.531. The summed E-state index contributed by atoms with van der Waals surface area (Å²) in [5.74, 6) is 0. The highest BCUT2D eigenvalue weighted by Gasteiger charge is 2.31. The van der Waals surface area contributed by atoms with Gasteiger partial charge in [-0.2, -0.15) is 0 Å². The summed E-state index contributed by atoms with van der Waals surface area (Å²) in [7, 11) is -4.82. The van der Waals surface area contributed by atoms with Crippen molar-refractivity contribution < 1.29 is 13.0 Å². The third-order valence-electron chi connectivity index (χ3n) is 1.62. The highest BCUT2D eigenvalue weighted by molar-refractivity contribution is 6.81. The molecule has 0 amide bonds. The minimum Gasteiger partial charge on any atom is -0.436 e. The Morgan fingerprint density at radius 3 is 1.44 bits per heavy atom. The monoisotopic (exact) mass is 280 g/mol. The second-order valence-corrected chi connectivity index (χ2v) is 19.1. The van der Waals surface area contributed by atoms with Crippen LogP contribution >= 0.6 is 0 Å². The Morgan fingerprint density at radius 1 is 0.625 bits per heavy atom. The van der Waals surface area contributed by atoms with Crippen LogP contribution in [-0.2, 0) is 13.0 Å². The lowest BCUT2D eigenvalue weighted by Gasteiger charge is -2.31. The summed E-state index contributed by atoms with van der Waals surface area (Å²) in [5, 5.41) is 0. The maximum absolute atomic E-state index is 6.07. The fourth-order valence-electron chi connectivity index (χ4n) is 1.40. The standard InChI is InChI=1S/C10H28O3Si3/c1-14(2,3)11-9-10-12-16(7,8)13-15(4,5)6/h9-10H2,1-8H3. The molecule has 0 aliphatic heterocycles. The predicted molar refractivity (Wildman–Crippen MR) is 77.2 cm³/mol. The highest BCUT2D eigenvalue weighted by Crippen LogP contribution is 2.15. The van der Waals surface area contributed by atoms with Crippen LogP contribution in [0.2, 0.25) is 52.4 Å². The van der Waals surface area contributed by atoms with Crippen LogP contribution in [0.4, 0.5) is 0 Å². The highest BCUT2D eigenvalue weighted by atomic mass is 28.4. The van der Waals surface area contributed by atoms with Gasteiger partial charge in [-0.1, -0.05) is 0 Å². The van der Waals surface area contributed by atoms with Crippen LogP contribution in [-0.4, -0.2) is 38.4 Å². The Kier molecular flexibility index (Phi) is 6.12. The molecule has 0 atom stereocenters. The summed E-state index contributed by atoms with van der Waals surface area (Å²) >= 11 is 0. The molecule has 0 rings (SSSR count). The van der Waals surface area contributed by atoms with Crippen molar-refractivity contribution in [1.82, 2.24) is 0 Å². The second kappa shape index (κ2) is 5.92. The molecule has 0 saturated carbocycles. The van der Waals surface area contributed by atoms with Crippen LogP contribution in [0.3, 0.4) is 0 Å². The molecule has 0 N–H and O–H groups in total. The third-order valence-corrected chi connectivity index (χ3v) is 8.01. The maximum Gasteiger partial charge on any atom is 0.321 e. The lowest BCUT2D eigenvalue weighted by atomic mass is 10.8. The van der Waals surface area contributed by atoms with Crippen LogP contribution in [0, 0.1) is 0 Å². The first kappa shape index (κ1) is 16.5. The topological polar surface area (TPSA) is 27.7 Å². The zero-order valence-electron chi connectivity index (χ0n) is 12.1. The molecule has 0 radical (unpaired) electrons. The zero-order valence-corrected chi connectivity index (χ0v) is 15.1. The van der Waals surface area contributed by atoms with Gasteiger partial charge in [-0.3, -0.25) is 0 Å². The lowest BCUT2D eigenvalue weighted by Crippen LogP contribution is -2.45. The summed E-state index contributed by atoms with van der Waals surface area (Å²) in [4.78, 5) is 0. The van der Waals surface area contributed by atoms with Gasteiger partial charge in [-0.25, -0.2) is 0 Å². The molecule has 0 aliphatic carbocycles. The van der Waals surface area contributed by atoms with E-state index in [9.17, 15) is 0 Å². The molecule has 0 saturated heterocycles. The normalized spacial score (nSPS) is 14.2. The van der Waals surface area contributed by atoms with Gasteiger partial charge in [0.2, 0.25) is 0 Å². The van der Waals surface area contributed by atoms with Crippen molar-refractivity contribution >= 4 is 25.2 Å². The van der Waals surface area contributed by atoms with Crippen LogP contribution in [0.5, 0.6) is 0 Å². The molecule has 0 unspecified atom stereocenters. The SMILES string of the molecule is C[Si](C)(C)OCCO[Si](C)(C)O[Si](C)(C)C. The van der Waals surface area contributed by atoms with E-state index in [2.05, 4.69) is 52.4 Å². The molecule has 0 heterocycles. The largest absolute Gasteiger partial charge is 0.436 e. The summed E-state index contributed by atoms with van der Waals surface area (Å²) in [5.41, 5.74) is 0. The molecule has 98 valence electrons. The molecule has 3 nitrogen and oxygen atoms in total. The Morgan fingerprint density at radius 2 is 1.06 bits per heavy atom. The first-order chi connectivity index (χ1) is 6.91. The van der Waals surface area contributed by atoms with Gasteiger partial charge in [0, 0.05) is 0 Å². The van der Waals surface area contributed by atoms with Crippen LogP contribution in [0.15, 0.2) is 0 Å². The fraction of sp³-hybridized carbons (Fsp3) is 1.00. The zero-order chi connectivity index (χ0) is 13.0. The molecule has 16 heavy (non-hydrogen) atoms. The fourth-order valence-corrected chi connectivity index (χ4v) is 8.81. The van der Waals surface area contributed by atoms with Crippen molar-refractivity contribution in [3.8, 4) is 0 Å². The minimum absolute atomic E-state index is 0.661. The molecule has 0 bridgehead atoms. The third kappa shape index (κ3) is 11.0. The van der Waals surface area contributed by atoms with Gasteiger partial charge in [-0.05, 0) is 52.4 Å². The number of hydrogen-bond acceptors (Lipinski definition) is 3. The Bertz CT molecular complexity index is 206. The van der Waals surface area contributed by atoms with E-state index < -0.39 is 25.2 Å². The smallest absolute Gasteiger partial charge is 0.321 e. The molecule has 6 heteroatoms. The summed E-state index contributed by atoms with van der Waals surface area (Å²) in [6.07, 6.45) is 0. The molecule has 0 fully saturated rings. The quantitative estimate of drug-likeness (QED) is 0.528. The van der Waals surface area contributed by atoms with Gasteiger partial charge in [0.05, 0.1) is 13.2 Å². The summed E-state index contributed by atoms with van der Waals surface area (Å²) < 4.78 is 17.7. The van der Waals surface area contributed by atoms with Gasteiger partial charge in [0.25, 0.3) is 0 Å². The number of rotatable bonds is 7. The van der Waals surface area contributed by atoms with Gasteiger partial charge in [0.1, 0.15) is 0 Å². The van der Waals surface area contributed by atoms with Crippen molar-refractivity contribution in [2.24, 2.45) is 0 Å². The minimum atomic E-state index is -1.94. The average Bonchev–Trinajstić information content (AvgIpc) is 1.91. The van der Waals surface area contributed by atoms with Crippen LogP contribution in [0.25, 0.3) is 0 Å². The van der Waals surface area contributed by atoms with Crippen LogP contribution < -0.4 is 0 Å². The molecular formula is C10H28O3Si3. The van der Waals surface area contributed by atoms with Crippen LogP contribution in [0.1, 0.15) is 0 Å². The van der Waals surface area contributed by atoms with E-state index >= 15 is 0 Å². The lowest BCUT2D eigenvalue weighted by molar-refractivity contribution is 0.181. The average molecular weight is 281 g/mol. The molecule has 0 aromatic heterocycles. The van der Waals surface area contributed by atoms with Crippen molar-refractivity contribution in [3.63, 3.8) is 0 Å². The molecule has 0 aromatic carbocycles. The van der Waals surface area contributed by atoms with E-state index in [1.807, 2.05) is 0 Å². The predicted octanol–water partition coefficient (Wildman–Crippen LogP) is 3.41. The van der Waals surface area contributed by atoms with Gasteiger partial charge in [0.15, 0.2) is 16.6 Å².